The van der Waals surface area contributed by atoms with Crippen LogP contribution in [0.15, 0.2) is 0 Å². The molecule has 0 rings (SSSR count). The molecule has 0 aliphatic carbocycles. The zero-order valence-electron chi connectivity index (χ0n) is 9.73. The minimum atomic E-state index is -1.01. The number of carbonyl (C=O) groups is 2. The summed E-state index contributed by atoms with van der Waals surface area (Å²) in [5.74, 6) is -0.693. The van der Waals surface area contributed by atoms with Crippen molar-refractivity contribution in [1.82, 2.24) is 5.32 Å². The van der Waals surface area contributed by atoms with Crippen molar-refractivity contribution in [2.75, 3.05) is 12.0 Å². The summed E-state index contributed by atoms with van der Waals surface area (Å²) in [4.78, 5) is 22.4. The summed E-state index contributed by atoms with van der Waals surface area (Å²) in [6.45, 7) is 1.93. The lowest BCUT2D eigenvalue weighted by atomic mass is 10.1. The SMILES string of the molecule is CCC[C@@H](N)C(=O)N[C@H](CCSC)C(=O)O. The van der Waals surface area contributed by atoms with Gasteiger partial charge in [-0.2, -0.15) is 11.8 Å². The third kappa shape index (κ3) is 5.97. The zero-order valence-corrected chi connectivity index (χ0v) is 10.5. The van der Waals surface area contributed by atoms with E-state index in [1.807, 2.05) is 13.2 Å². The second-order valence-electron chi connectivity index (χ2n) is 3.58. The van der Waals surface area contributed by atoms with Crippen LogP contribution < -0.4 is 11.1 Å². The quantitative estimate of drug-likeness (QED) is 0.579. The number of thioether (sulfide) groups is 1. The van der Waals surface area contributed by atoms with Gasteiger partial charge in [-0.3, -0.25) is 4.79 Å². The van der Waals surface area contributed by atoms with Crippen molar-refractivity contribution in [3.8, 4) is 0 Å². The number of amides is 1. The van der Waals surface area contributed by atoms with Gasteiger partial charge < -0.3 is 16.2 Å². The first-order valence-corrected chi connectivity index (χ1v) is 6.70. The van der Waals surface area contributed by atoms with Crippen molar-refractivity contribution in [1.29, 1.82) is 0 Å². The van der Waals surface area contributed by atoms with Gasteiger partial charge >= 0.3 is 5.97 Å². The van der Waals surface area contributed by atoms with Crippen molar-refractivity contribution in [3.63, 3.8) is 0 Å². The van der Waals surface area contributed by atoms with E-state index < -0.39 is 18.1 Å². The van der Waals surface area contributed by atoms with Crippen LogP contribution in [0.1, 0.15) is 26.2 Å². The maximum absolute atomic E-state index is 11.5. The Bertz CT molecular complexity index is 236. The molecule has 0 aromatic carbocycles. The Hall–Kier alpha value is -0.750. The molecule has 94 valence electrons. The van der Waals surface area contributed by atoms with E-state index in [0.717, 1.165) is 6.42 Å². The first-order chi connectivity index (χ1) is 7.52. The van der Waals surface area contributed by atoms with Gasteiger partial charge in [-0.15, -0.1) is 0 Å². The van der Waals surface area contributed by atoms with Crippen LogP contribution in [0.4, 0.5) is 0 Å². The van der Waals surface area contributed by atoms with Crippen LogP contribution in [0.25, 0.3) is 0 Å². The molecule has 0 aliphatic rings. The molecule has 5 nitrogen and oxygen atoms in total. The molecule has 0 heterocycles. The van der Waals surface area contributed by atoms with Gasteiger partial charge in [-0.25, -0.2) is 4.79 Å². The van der Waals surface area contributed by atoms with E-state index in [4.69, 9.17) is 10.8 Å². The topological polar surface area (TPSA) is 92.4 Å². The second kappa shape index (κ2) is 8.41. The smallest absolute Gasteiger partial charge is 0.326 e. The van der Waals surface area contributed by atoms with Crippen molar-refractivity contribution in [2.45, 2.75) is 38.3 Å². The third-order valence-corrected chi connectivity index (χ3v) is 2.81. The maximum Gasteiger partial charge on any atom is 0.326 e. The number of carboxylic acids is 1. The fourth-order valence-corrected chi connectivity index (χ4v) is 1.69. The van der Waals surface area contributed by atoms with Crippen LogP contribution in [0.5, 0.6) is 0 Å². The Morgan fingerprint density at radius 2 is 2.06 bits per heavy atom. The predicted molar refractivity (Wildman–Crippen MR) is 65.4 cm³/mol. The first-order valence-electron chi connectivity index (χ1n) is 5.30. The maximum atomic E-state index is 11.5. The van der Waals surface area contributed by atoms with Crippen LogP contribution in [0, 0.1) is 0 Å². The lowest BCUT2D eigenvalue weighted by molar-refractivity contribution is -0.142. The number of rotatable bonds is 8. The molecule has 0 fully saturated rings. The summed E-state index contributed by atoms with van der Waals surface area (Å²) in [7, 11) is 0. The molecular formula is C10H20N2O3S. The van der Waals surface area contributed by atoms with Crippen molar-refractivity contribution in [3.05, 3.63) is 0 Å². The number of carboxylic acid groups (broad SMARTS) is 1. The molecule has 0 saturated carbocycles. The van der Waals surface area contributed by atoms with E-state index in [1.165, 1.54) is 0 Å². The number of hydrogen-bond donors (Lipinski definition) is 3. The highest BCUT2D eigenvalue weighted by Gasteiger charge is 2.22. The van der Waals surface area contributed by atoms with E-state index in [2.05, 4.69) is 5.32 Å². The minimum absolute atomic E-state index is 0.379. The molecule has 1 amide bonds. The normalized spacial score (nSPS) is 14.2. The lowest BCUT2D eigenvalue weighted by Crippen LogP contribution is -2.48. The first kappa shape index (κ1) is 15.2. The summed E-state index contributed by atoms with van der Waals surface area (Å²) >= 11 is 1.55. The standard InChI is InChI=1S/C10H20N2O3S/c1-3-4-7(11)9(13)12-8(10(14)15)5-6-16-2/h7-8H,3-6,11H2,1-2H3,(H,12,13)(H,14,15)/t7-,8-/m1/s1. The highest BCUT2D eigenvalue weighted by Crippen LogP contribution is 2.02. The van der Waals surface area contributed by atoms with Gasteiger partial charge in [0.1, 0.15) is 6.04 Å². The van der Waals surface area contributed by atoms with Crippen LogP contribution in [-0.4, -0.2) is 41.1 Å². The fraction of sp³-hybridized carbons (Fsp3) is 0.800. The number of carbonyl (C=O) groups excluding carboxylic acids is 1. The van der Waals surface area contributed by atoms with Gasteiger partial charge in [-0.1, -0.05) is 13.3 Å². The average Bonchev–Trinajstić information content (AvgIpc) is 2.23. The number of aliphatic carboxylic acids is 1. The van der Waals surface area contributed by atoms with Gasteiger partial charge in [0.05, 0.1) is 6.04 Å². The molecule has 0 aromatic rings. The molecule has 0 spiro atoms. The summed E-state index contributed by atoms with van der Waals surface area (Å²) < 4.78 is 0. The average molecular weight is 248 g/mol. The molecule has 0 bridgehead atoms. The second-order valence-corrected chi connectivity index (χ2v) is 4.56. The molecule has 2 atom stereocenters. The number of hydrogen-bond acceptors (Lipinski definition) is 4. The van der Waals surface area contributed by atoms with Gasteiger partial charge in [0.2, 0.25) is 5.91 Å². The zero-order chi connectivity index (χ0) is 12.6. The van der Waals surface area contributed by atoms with Crippen LogP contribution >= 0.6 is 11.8 Å². The third-order valence-electron chi connectivity index (χ3n) is 2.16. The minimum Gasteiger partial charge on any atom is -0.480 e. The Labute approximate surface area is 100 Å². The van der Waals surface area contributed by atoms with Gasteiger partial charge in [0, 0.05) is 0 Å². The summed E-state index contributed by atoms with van der Waals surface area (Å²) in [5, 5.41) is 11.4. The molecule has 0 unspecified atom stereocenters. The number of nitrogens with two attached hydrogens (primary N) is 1. The Morgan fingerprint density at radius 1 is 1.44 bits per heavy atom. The highest BCUT2D eigenvalue weighted by molar-refractivity contribution is 7.98. The Balaban J connectivity index is 4.17. The lowest BCUT2D eigenvalue weighted by Gasteiger charge is -2.17. The predicted octanol–water partition coefficient (Wildman–Crippen LogP) is 0.436. The van der Waals surface area contributed by atoms with Gasteiger partial charge in [0.25, 0.3) is 0 Å². The summed E-state index contributed by atoms with van der Waals surface area (Å²) in [6, 6.07) is -1.44. The summed E-state index contributed by atoms with van der Waals surface area (Å²) in [5.41, 5.74) is 5.59. The van der Waals surface area contributed by atoms with E-state index >= 15 is 0 Å². The van der Waals surface area contributed by atoms with E-state index in [1.54, 1.807) is 11.8 Å². The monoisotopic (exact) mass is 248 g/mol. The van der Waals surface area contributed by atoms with Gasteiger partial charge in [-0.05, 0) is 24.9 Å². The van der Waals surface area contributed by atoms with Gasteiger partial charge in [0.15, 0.2) is 0 Å². The molecule has 0 saturated heterocycles. The van der Waals surface area contributed by atoms with Crippen molar-refractivity contribution >= 4 is 23.6 Å². The Kier molecular flexibility index (Phi) is 8.01. The van der Waals surface area contributed by atoms with Crippen molar-refractivity contribution in [2.24, 2.45) is 5.73 Å². The van der Waals surface area contributed by atoms with Crippen LogP contribution in [-0.2, 0) is 9.59 Å². The van der Waals surface area contributed by atoms with Crippen LogP contribution in [0.3, 0.4) is 0 Å². The summed E-state index contributed by atoms with van der Waals surface area (Å²) in [6.07, 6.45) is 3.68. The molecule has 0 radical (unpaired) electrons. The molecular weight excluding hydrogens is 228 g/mol. The largest absolute Gasteiger partial charge is 0.480 e. The highest BCUT2D eigenvalue weighted by atomic mass is 32.2. The molecule has 4 N–H and O–H groups in total. The number of nitrogens with one attached hydrogen (secondary N) is 1. The molecule has 0 aliphatic heterocycles. The fourth-order valence-electron chi connectivity index (χ4n) is 1.21. The molecule has 16 heavy (non-hydrogen) atoms. The van der Waals surface area contributed by atoms with Crippen molar-refractivity contribution < 1.29 is 14.7 Å². The van der Waals surface area contributed by atoms with E-state index in [9.17, 15) is 9.59 Å². The van der Waals surface area contributed by atoms with E-state index in [-0.39, 0.29) is 5.91 Å². The molecule has 6 heteroatoms. The van der Waals surface area contributed by atoms with E-state index in [0.29, 0.717) is 18.6 Å². The van der Waals surface area contributed by atoms with Crippen LogP contribution in [0.2, 0.25) is 0 Å². The molecule has 0 aromatic heterocycles. The Morgan fingerprint density at radius 3 is 2.50 bits per heavy atom.